The lowest BCUT2D eigenvalue weighted by molar-refractivity contribution is 0.199. The van der Waals surface area contributed by atoms with Crippen LogP contribution >= 0.6 is 0 Å². The van der Waals surface area contributed by atoms with Gasteiger partial charge in [0.15, 0.2) is 0 Å². The monoisotopic (exact) mass is 225 g/mol. The maximum Gasteiger partial charge on any atom is -0.00204 e. The summed E-state index contributed by atoms with van der Waals surface area (Å²) in [5.41, 5.74) is 0. The Bertz CT molecular complexity index is 170. The van der Waals surface area contributed by atoms with Gasteiger partial charge in [-0.05, 0) is 36.8 Å². The van der Waals surface area contributed by atoms with E-state index in [1.54, 1.807) is 0 Å². The molecule has 96 valence electrons. The van der Waals surface area contributed by atoms with Gasteiger partial charge in [0.1, 0.15) is 0 Å². The van der Waals surface area contributed by atoms with Crippen molar-refractivity contribution in [2.75, 3.05) is 13.1 Å². The molecule has 0 radical (unpaired) electrons. The molecule has 0 spiro atoms. The molecule has 1 aliphatic carbocycles. The zero-order valence-corrected chi connectivity index (χ0v) is 11.8. The molecule has 1 saturated carbocycles. The Balaban J connectivity index is 2.20. The fourth-order valence-corrected chi connectivity index (χ4v) is 2.91. The topological polar surface area (TPSA) is 12.0 Å². The highest BCUT2D eigenvalue weighted by atomic mass is 14.9. The molecule has 16 heavy (non-hydrogen) atoms. The van der Waals surface area contributed by atoms with Gasteiger partial charge in [-0.25, -0.2) is 0 Å². The highest BCUT2D eigenvalue weighted by Gasteiger charge is 2.23. The normalized spacial score (nSPS) is 22.3. The van der Waals surface area contributed by atoms with Gasteiger partial charge in [-0.1, -0.05) is 59.8 Å². The largest absolute Gasteiger partial charge is 0.316 e. The highest BCUT2D eigenvalue weighted by Crippen LogP contribution is 2.33. The van der Waals surface area contributed by atoms with Gasteiger partial charge in [-0.15, -0.1) is 0 Å². The van der Waals surface area contributed by atoms with Gasteiger partial charge >= 0.3 is 0 Å². The molecule has 0 aromatic heterocycles. The van der Waals surface area contributed by atoms with E-state index >= 15 is 0 Å². The number of hydrogen-bond donors (Lipinski definition) is 1. The third-order valence-corrected chi connectivity index (χ3v) is 4.31. The van der Waals surface area contributed by atoms with E-state index in [-0.39, 0.29) is 0 Å². The second-order valence-corrected chi connectivity index (χ2v) is 6.29. The minimum Gasteiger partial charge on any atom is -0.316 e. The van der Waals surface area contributed by atoms with Gasteiger partial charge in [0.25, 0.3) is 0 Å². The molecule has 0 saturated heterocycles. The van der Waals surface area contributed by atoms with Gasteiger partial charge in [-0.2, -0.15) is 0 Å². The lowest BCUT2D eigenvalue weighted by Gasteiger charge is -2.32. The van der Waals surface area contributed by atoms with Crippen molar-refractivity contribution in [3.05, 3.63) is 0 Å². The molecule has 0 aliphatic heterocycles. The average Bonchev–Trinajstić information content (AvgIpc) is 2.28. The molecule has 0 amide bonds. The molecule has 1 N–H and O–H groups in total. The maximum absolute atomic E-state index is 3.60. The van der Waals surface area contributed by atoms with E-state index in [2.05, 4.69) is 33.0 Å². The number of hydrogen-bond acceptors (Lipinski definition) is 1. The third-order valence-electron chi connectivity index (χ3n) is 4.31. The SMILES string of the molecule is CC(C)CNCC(C)C(C)C1CCCCC1. The van der Waals surface area contributed by atoms with Crippen molar-refractivity contribution in [1.82, 2.24) is 5.32 Å². The fraction of sp³-hybridized carbons (Fsp3) is 1.00. The third kappa shape index (κ3) is 4.86. The number of rotatable bonds is 6. The molecule has 1 rings (SSSR count). The standard InChI is InChI=1S/C15H31N/c1-12(2)10-16-11-13(3)14(4)15-8-6-5-7-9-15/h12-16H,5-11H2,1-4H3. The van der Waals surface area contributed by atoms with Crippen LogP contribution < -0.4 is 5.32 Å². The van der Waals surface area contributed by atoms with Crippen LogP contribution in [0.15, 0.2) is 0 Å². The Morgan fingerprint density at radius 3 is 2.12 bits per heavy atom. The van der Waals surface area contributed by atoms with Gasteiger partial charge in [0, 0.05) is 0 Å². The van der Waals surface area contributed by atoms with Crippen LogP contribution in [0.2, 0.25) is 0 Å². The zero-order chi connectivity index (χ0) is 12.0. The smallest absolute Gasteiger partial charge is 0.00204 e. The van der Waals surface area contributed by atoms with Gasteiger partial charge < -0.3 is 5.32 Å². The molecule has 1 nitrogen and oxygen atoms in total. The predicted molar refractivity (Wildman–Crippen MR) is 72.6 cm³/mol. The van der Waals surface area contributed by atoms with Crippen LogP contribution in [-0.2, 0) is 0 Å². The Labute approximate surface area is 102 Å². The van der Waals surface area contributed by atoms with E-state index in [1.165, 1.54) is 45.2 Å². The Hall–Kier alpha value is -0.0400. The molecule has 0 bridgehead atoms. The van der Waals surface area contributed by atoms with Gasteiger partial charge in [-0.3, -0.25) is 0 Å². The van der Waals surface area contributed by atoms with Crippen LogP contribution in [0.4, 0.5) is 0 Å². The molecular formula is C15H31N. The van der Waals surface area contributed by atoms with E-state index in [1.807, 2.05) is 0 Å². The summed E-state index contributed by atoms with van der Waals surface area (Å²) in [7, 11) is 0. The first-order chi connectivity index (χ1) is 7.61. The van der Waals surface area contributed by atoms with Crippen molar-refractivity contribution in [3.8, 4) is 0 Å². The number of nitrogens with one attached hydrogen (secondary N) is 1. The Kier molecular flexibility index (Phi) is 6.41. The molecule has 0 aromatic rings. The molecule has 1 heteroatoms. The van der Waals surface area contributed by atoms with Crippen molar-refractivity contribution < 1.29 is 0 Å². The van der Waals surface area contributed by atoms with E-state index < -0.39 is 0 Å². The van der Waals surface area contributed by atoms with E-state index in [9.17, 15) is 0 Å². The van der Waals surface area contributed by atoms with Crippen LogP contribution in [0.5, 0.6) is 0 Å². The Morgan fingerprint density at radius 1 is 0.938 bits per heavy atom. The van der Waals surface area contributed by atoms with E-state index in [0.717, 1.165) is 23.7 Å². The van der Waals surface area contributed by atoms with Gasteiger partial charge in [0.2, 0.25) is 0 Å². The lowest BCUT2D eigenvalue weighted by atomic mass is 9.75. The summed E-state index contributed by atoms with van der Waals surface area (Å²) in [6.07, 6.45) is 7.39. The Morgan fingerprint density at radius 2 is 1.56 bits per heavy atom. The molecule has 2 unspecified atom stereocenters. The van der Waals surface area contributed by atoms with Crippen LogP contribution in [0.3, 0.4) is 0 Å². The van der Waals surface area contributed by atoms with Crippen molar-refractivity contribution in [3.63, 3.8) is 0 Å². The van der Waals surface area contributed by atoms with Crippen molar-refractivity contribution in [2.24, 2.45) is 23.7 Å². The molecule has 1 aliphatic rings. The van der Waals surface area contributed by atoms with Crippen molar-refractivity contribution in [1.29, 1.82) is 0 Å². The fourth-order valence-electron chi connectivity index (χ4n) is 2.91. The highest BCUT2D eigenvalue weighted by molar-refractivity contribution is 4.76. The second-order valence-electron chi connectivity index (χ2n) is 6.29. The van der Waals surface area contributed by atoms with Crippen LogP contribution in [0, 0.1) is 23.7 Å². The summed E-state index contributed by atoms with van der Waals surface area (Å²) in [6.45, 7) is 11.8. The van der Waals surface area contributed by atoms with Crippen LogP contribution in [0.25, 0.3) is 0 Å². The average molecular weight is 225 g/mol. The lowest BCUT2D eigenvalue weighted by Crippen LogP contribution is -2.31. The summed E-state index contributed by atoms with van der Waals surface area (Å²) >= 11 is 0. The first-order valence-electron chi connectivity index (χ1n) is 7.32. The first-order valence-corrected chi connectivity index (χ1v) is 7.32. The van der Waals surface area contributed by atoms with E-state index in [4.69, 9.17) is 0 Å². The predicted octanol–water partition coefficient (Wildman–Crippen LogP) is 4.08. The van der Waals surface area contributed by atoms with E-state index in [0.29, 0.717) is 0 Å². The molecular weight excluding hydrogens is 194 g/mol. The second kappa shape index (κ2) is 7.32. The first kappa shape index (κ1) is 14.0. The zero-order valence-electron chi connectivity index (χ0n) is 11.8. The summed E-state index contributed by atoms with van der Waals surface area (Å²) in [5, 5.41) is 3.60. The molecule has 0 heterocycles. The summed E-state index contributed by atoms with van der Waals surface area (Å²) < 4.78 is 0. The van der Waals surface area contributed by atoms with Crippen LogP contribution in [-0.4, -0.2) is 13.1 Å². The van der Waals surface area contributed by atoms with Crippen LogP contribution in [0.1, 0.15) is 59.8 Å². The van der Waals surface area contributed by atoms with Gasteiger partial charge in [0.05, 0.1) is 0 Å². The summed E-state index contributed by atoms with van der Waals surface area (Å²) in [5.74, 6) is 3.52. The summed E-state index contributed by atoms with van der Waals surface area (Å²) in [4.78, 5) is 0. The molecule has 1 fully saturated rings. The molecule has 0 aromatic carbocycles. The van der Waals surface area contributed by atoms with Crippen molar-refractivity contribution in [2.45, 2.75) is 59.8 Å². The maximum atomic E-state index is 3.60. The minimum absolute atomic E-state index is 0.775. The minimum atomic E-state index is 0.775. The van der Waals surface area contributed by atoms with Crippen molar-refractivity contribution >= 4 is 0 Å². The summed E-state index contributed by atoms with van der Waals surface area (Å²) in [6, 6.07) is 0. The quantitative estimate of drug-likeness (QED) is 0.718. The molecule has 2 atom stereocenters.